The molecule has 0 aliphatic carbocycles. The van der Waals surface area contributed by atoms with Gasteiger partial charge in [-0.3, -0.25) is 18.4 Å². The molecule has 14 atom stereocenters. The highest BCUT2D eigenvalue weighted by atomic mass is 35.5. The number of phosphoric acid groups is 1. The van der Waals surface area contributed by atoms with Crippen LogP contribution < -0.4 is 11.1 Å². The molecule has 10 unspecified atom stereocenters. The first-order chi connectivity index (χ1) is 22.8. The number of alkyl halides is 1. The van der Waals surface area contributed by atoms with Gasteiger partial charge >= 0.3 is 7.82 Å². The van der Waals surface area contributed by atoms with Crippen molar-refractivity contribution in [2.45, 2.75) is 105 Å². The highest BCUT2D eigenvalue weighted by Crippen LogP contribution is 2.49. The Morgan fingerprint density at radius 1 is 1.21 bits per heavy atom. The molecule has 5 rings (SSSR count). The zero-order chi connectivity index (χ0) is 34.9. The summed E-state index contributed by atoms with van der Waals surface area (Å²) in [4.78, 5) is 36.1. The number of rotatable bonds is 13. The smallest absolute Gasteiger partial charge is 0.388 e. The van der Waals surface area contributed by atoms with Gasteiger partial charge < -0.3 is 45.8 Å². The Morgan fingerprint density at radius 2 is 1.96 bits per heavy atom. The molecular weight excluding hydrogens is 695 g/mol. The van der Waals surface area contributed by atoms with Crippen LogP contribution in [0.4, 0.5) is 5.82 Å². The van der Waals surface area contributed by atoms with E-state index in [4.69, 9.17) is 35.9 Å². The number of hydrogen-bond donors (Lipinski definition) is 7. The minimum atomic E-state index is -5.06. The standard InChI is InChI=1S/C28H44ClN6O11PS/c1-4-13-5-6-31-15(7-13)16(36)8-14(12(2)29)23-21(39)24(22(40)28(45-23)48-3)46-47(41,42)43-9-17-19(37)20(38)27(44-17)35-11-34-18-25(30)32-10-33-26(18)35/h10-15,17,19-24,27-28,31,37-40H,4-9H2,1-3H3,(H,41,42)(H2,30,32,33)/t12?,13?,14?,15?,17-,19-,20-,21?,22?,23?,24?,27-,28?/m1/s1. The molecule has 0 radical (unpaired) electrons. The van der Waals surface area contributed by atoms with Crippen molar-refractivity contribution in [3.63, 3.8) is 0 Å². The molecule has 5 heterocycles. The summed E-state index contributed by atoms with van der Waals surface area (Å²) in [6.07, 6.45) is -4.96. The van der Waals surface area contributed by atoms with Gasteiger partial charge in [-0.2, -0.15) is 0 Å². The molecule has 0 amide bonds. The van der Waals surface area contributed by atoms with Crippen LogP contribution >= 0.6 is 31.2 Å². The Hall–Kier alpha value is -1.51. The molecule has 0 spiro atoms. The molecule has 17 nitrogen and oxygen atoms in total. The van der Waals surface area contributed by atoms with E-state index in [1.807, 2.05) is 0 Å². The molecule has 3 aliphatic rings. The Morgan fingerprint density at radius 3 is 2.65 bits per heavy atom. The Kier molecular flexibility index (Phi) is 12.4. The molecule has 0 saturated carbocycles. The molecule has 0 aromatic carbocycles. The second kappa shape index (κ2) is 15.8. The van der Waals surface area contributed by atoms with Crippen molar-refractivity contribution in [3.8, 4) is 0 Å². The lowest BCUT2D eigenvalue weighted by Crippen LogP contribution is -2.60. The van der Waals surface area contributed by atoms with Crippen LogP contribution in [0.25, 0.3) is 11.2 Å². The number of hydrogen-bond acceptors (Lipinski definition) is 16. The van der Waals surface area contributed by atoms with Gasteiger partial charge in [-0.05, 0) is 38.5 Å². The number of thioether (sulfide) groups is 1. The summed E-state index contributed by atoms with van der Waals surface area (Å²) in [7, 11) is -5.06. The first-order valence-electron chi connectivity index (χ1n) is 15.8. The SMILES string of the molecule is CCC1CCNC(C(=O)CC(C(C)Cl)C2OC(SC)C(O)C(OP(=O)(O)OC[C@H]3O[C@@H](n4cnc5c(N)ncnc54)[C@H](O)[C@@H]3O)C2O)C1. The highest BCUT2D eigenvalue weighted by molar-refractivity contribution is 7.99. The number of phosphoric ester groups is 1. The number of carbonyl (C=O) groups is 1. The van der Waals surface area contributed by atoms with Crippen LogP contribution in [0.3, 0.4) is 0 Å². The van der Waals surface area contributed by atoms with Gasteiger partial charge in [-0.1, -0.05) is 13.3 Å². The molecule has 0 bridgehead atoms. The van der Waals surface area contributed by atoms with Gasteiger partial charge in [-0.25, -0.2) is 19.5 Å². The Bertz CT molecular complexity index is 1460. The number of Topliss-reactive ketones (excluding diaryl/α,β-unsaturated/α-hetero) is 1. The number of anilines is 1. The fraction of sp³-hybridized carbons (Fsp3) is 0.786. The van der Waals surface area contributed by atoms with Crippen LogP contribution in [0.15, 0.2) is 12.7 Å². The van der Waals surface area contributed by atoms with Crippen LogP contribution in [0.1, 0.15) is 45.8 Å². The van der Waals surface area contributed by atoms with Gasteiger partial charge in [0.2, 0.25) is 0 Å². The topological polar surface area (TPSA) is 254 Å². The minimum absolute atomic E-state index is 0.0388. The fourth-order valence-electron chi connectivity index (χ4n) is 6.57. The summed E-state index contributed by atoms with van der Waals surface area (Å²) < 4.78 is 36.8. The third-order valence-corrected chi connectivity index (χ3v) is 11.6. The normalized spacial score (nSPS) is 36.9. The zero-order valence-corrected chi connectivity index (χ0v) is 29.2. The Labute approximate surface area is 286 Å². The van der Waals surface area contributed by atoms with Crippen molar-refractivity contribution >= 4 is 54.0 Å². The number of fused-ring (bicyclic) bond motifs is 1. The number of nitrogens with two attached hydrogens (primary N) is 1. The first-order valence-corrected chi connectivity index (χ1v) is 19.0. The van der Waals surface area contributed by atoms with E-state index in [1.165, 1.54) is 17.2 Å². The molecule has 270 valence electrons. The number of nitrogens with zero attached hydrogens (tertiary/aromatic N) is 4. The third kappa shape index (κ3) is 8.01. The summed E-state index contributed by atoms with van der Waals surface area (Å²) in [5.41, 5.74) is 5.29. The van der Waals surface area contributed by atoms with Gasteiger partial charge in [0.15, 0.2) is 17.7 Å². The lowest BCUT2D eigenvalue weighted by atomic mass is 9.81. The summed E-state index contributed by atoms with van der Waals surface area (Å²) in [6.45, 7) is 3.74. The number of carbonyl (C=O) groups excluding carboxylic acids is 1. The number of halogens is 1. The maximum Gasteiger partial charge on any atom is 0.472 e. The van der Waals surface area contributed by atoms with Crippen molar-refractivity contribution in [1.82, 2.24) is 24.8 Å². The lowest BCUT2D eigenvalue weighted by Gasteiger charge is -2.45. The van der Waals surface area contributed by atoms with E-state index in [0.29, 0.717) is 18.9 Å². The maximum absolute atomic E-state index is 13.4. The van der Waals surface area contributed by atoms with E-state index < -0.39 is 80.1 Å². The average Bonchev–Trinajstić information content (AvgIpc) is 3.62. The van der Waals surface area contributed by atoms with E-state index in [0.717, 1.165) is 24.6 Å². The van der Waals surface area contributed by atoms with Crippen molar-refractivity contribution in [2.75, 3.05) is 25.1 Å². The summed E-state index contributed by atoms with van der Waals surface area (Å²) in [5, 5.41) is 46.3. The fourth-order valence-corrected chi connectivity index (χ4v) is 8.42. The van der Waals surface area contributed by atoms with Gasteiger partial charge in [0, 0.05) is 17.7 Å². The molecule has 3 aliphatic heterocycles. The van der Waals surface area contributed by atoms with E-state index in [9.17, 15) is 34.7 Å². The van der Waals surface area contributed by atoms with E-state index >= 15 is 0 Å². The number of aliphatic hydroxyl groups excluding tert-OH is 4. The summed E-state index contributed by atoms with van der Waals surface area (Å²) >= 11 is 7.63. The van der Waals surface area contributed by atoms with Crippen molar-refractivity contribution in [3.05, 3.63) is 12.7 Å². The molecule has 48 heavy (non-hydrogen) atoms. The predicted molar refractivity (Wildman–Crippen MR) is 174 cm³/mol. The van der Waals surface area contributed by atoms with Gasteiger partial charge in [0.25, 0.3) is 0 Å². The lowest BCUT2D eigenvalue weighted by molar-refractivity contribution is -0.208. The first kappa shape index (κ1) is 37.7. The molecular formula is C28H44ClN6O11PS. The number of nitrogens with one attached hydrogen (secondary N) is 1. The van der Waals surface area contributed by atoms with E-state index in [-0.39, 0.29) is 35.2 Å². The molecule has 8 N–H and O–H groups in total. The number of piperidine rings is 1. The van der Waals surface area contributed by atoms with Crippen molar-refractivity contribution < 1.29 is 53.2 Å². The summed E-state index contributed by atoms with van der Waals surface area (Å²) in [5.74, 6) is -0.304. The third-order valence-electron chi connectivity index (χ3n) is 9.39. The highest BCUT2D eigenvalue weighted by Gasteiger charge is 2.52. The van der Waals surface area contributed by atoms with Crippen LogP contribution in [0.5, 0.6) is 0 Å². The number of aliphatic hydroxyl groups is 4. The van der Waals surface area contributed by atoms with Crippen molar-refractivity contribution in [2.24, 2.45) is 11.8 Å². The van der Waals surface area contributed by atoms with E-state index in [2.05, 4.69) is 27.2 Å². The average molecular weight is 739 g/mol. The number of nitrogen functional groups attached to an aromatic ring is 1. The number of ether oxygens (including phenoxy) is 2. The molecule has 3 saturated heterocycles. The molecule has 20 heteroatoms. The van der Waals surface area contributed by atoms with Gasteiger partial charge in [0.1, 0.15) is 59.7 Å². The minimum Gasteiger partial charge on any atom is -0.388 e. The summed E-state index contributed by atoms with van der Waals surface area (Å²) in [6, 6.07) is -0.368. The largest absolute Gasteiger partial charge is 0.472 e. The van der Waals surface area contributed by atoms with Crippen LogP contribution in [0, 0.1) is 11.8 Å². The second-order valence-electron chi connectivity index (χ2n) is 12.5. The van der Waals surface area contributed by atoms with E-state index in [1.54, 1.807) is 13.2 Å². The van der Waals surface area contributed by atoms with Crippen LogP contribution in [-0.4, -0.2) is 130 Å². The zero-order valence-electron chi connectivity index (χ0n) is 26.7. The molecule has 3 fully saturated rings. The predicted octanol–water partition coefficient (Wildman–Crippen LogP) is 0.321. The van der Waals surface area contributed by atoms with Crippen LogP contribution in [0.2, 0.25) is 0 Å². The number of imidazole rings is 1. The number of aromatic nitrogens is 4. The maximum atomic E-state index is 13.4. The Balaban J connectivity index is 1.25. The quantitative estimate of drug-likeness (QED) is 0.108. The second-order valence-corrected chi connectivity index (χ2v) is 15.5. The molecule has 2 aromatic heterocycles. The van der Waals surface area contributed by atoms with Gasteiger partial charge in [-0.15, -0.1) is 23.4 Å². The van der Waals surface area contributed by atoms with Crippen LogP contribution in [-0.2, 0) is 27.9 Å². The van der Waals surface area contributed by atoms with Crippen molar-refractivity contribution in [1.29, 1.82) is 0 Å². The molecule has 2 aromatic rings. The number of ketones is 1. The monoisotopic (exact) mass is 738 g/mol. The van der Waals surface area contributed by atoms with Gasteiger partial charge in [0.05, 0.1) is 25.1 Å².